The van der Waals surface area contributed by atoms with Gasteiger partial charge in [0.25, 0.3) is 0 Å². The Hall–Kier alpha value is -4.57. The second-order valence-corrected chi connectivity index (χ2v) is 13.1. The number of hydrogen-bond acceptors (Lipinski definition) is 4. The molecule has 1 radical (unpaired) electrons. The third kappa shape index (κ3) is 9.51. The molecule has 18 heteroatoms. The van der Waals surface area contributed by atoms with E-state index in [-0.39, 0.29) is 32.3 Å². The van der Waals surface area contributed by atoms with Crippen molar-refractivity contribution in [3.05, 3.63) is 108 Å². The second-order valence-electron chi connectivity index (χ2n) is 13.1. The molecule has 0 aliphatic carbocycles. The maximum Gasteiger partial charge on any atom is 0.389 e. The summed E-state index contributed by atoms with van der Waals surface area (Å²) in [7, 11) is 0. The van der Waals surface area contributed by atoms with Gasteiger partial charge < -0.3 is 19.4 Å². The van der Waals surface area contributed by atoms with Gasteiger partial charge in [-0.2, -0.15) is 52.7 Å². The van der Waals surface area contributed by atoms with Gasteiger partial charge in [0.1, 0.15) is 6.10 Å². The summed E-state index contributed by atoms with van der Waals surface area (Å²) in [5.41, 5.74) is 6.88. The normalized spacial score (nSPS) is 16.7. The summed E-state index contributed by atoms with van der Waals surface area (Å²) in [6.07, 6.45) is -28.9. The molecule has 0 bridgehead atoms. The van der Waals surface area contributed by atoms with Crippen LogP contribution in [-0.2, 0) is 24.9 Å². The van der Waals surface area contributed by atoms with Gasteiger partial charge in [0.2, 0.25) is 0 Å². The number of fused-ring (bicyclic) bond motifs is 8. The zero-order valence-corrected chi connectivity index (χ0v) is 30.6. The molecule has 0 saturated carbocycles. The molecule has 2 aliphatic heterocycles. The van der Waals surface area contributed by atoms with Crippen molar-refractivity contribution < 1.29 is 87.4 Å². The molecule has 0 fully saturated rings. The number of hydrogen-bond donors (Lipinski definition) is 1. The molecule has 5 aromatic rings. The van der Waals surface area contributed by atoms with Gasteiger partial charge in [-0.25, -0.2) is 0 Å². The SMILES string of the molecule is O=C(/C=C(\O)C(CC(F)(F)F)CC(F)(F)F)C(CC(F)(F)F)CC(F)(F)F.[Ir].[c-]1ccc2c(c1-c1ccccn1)OC1c3cccc4c5ccccc5n(c34)C21. The van der Waals surface area contributed by atoms with E-state index in [4.69, 9.17) is 4.74 Å². The predicted molar refractivity (Wildman–Crippen MR) is 175 cm³/mol. The largest absolute Gasteiger partial charge is 0.526 e. The van der Waals surface area contributed by atoms with Crippen molar-refractivity contribution in [1.82, 2.24) is 9.55 Å². The molecule has 3 aromatic carbocycles. The van der Waals surface area contributed by atoms with Gasteiger partial charge in [-0.3, -0.25) is 4.79 Å². The summed E-state index contributed by atoms with van der Waals surface area (Å²) in [6.45, 7) is 0. The summed E-state index contributed by atoms with van der Waals surface area (Å²) in [4.78, 5) is 16.1. The minimum Gasteiger partial charge on any atom is -0.526 e. The fourth-order valence-electron chi connectivity index (χ4n) is 7.08. The van der Waals surface area contributed by atoms with E-state index in [0.29, 0.717) is 0 Å². The number of halogens is 12. The van der Waals surface area contributed by atoms with E-state index in [1.807, 2.05) is 30.5 Å². The summed E-state index contributed by atoms with van der Waals surface area (Å²) in [5, 5.41) is 11.9. The first kappa shape index (κ1) is 42.6. The molecule has 7 rings (SSSR count). The Balaban J connectivity index is 0.000000211. The van der Waals surface area contributed by atoms with Crippen molar-refractivity contribution >= 4 is 27.6 Å². The van der Waals surface area contributed by atoms with Gasteiger partial charge in [0.15, 0.2) is 5.78 Å². The molecular weight excluding hydrogens is 953 g/mol. The van der Waals surface area contributed by atoms with Crippen molar-refractivity contribution in [2.75, 3.05) is 0 Å². The monoisotopic (exact) mass is 980 g/mol. The van der Waals surface area contributed by atoms with Gasteiger partial charge in [0.05, 0.1) is 43.0 Å². The standard InChI is InChI=1S/C25H15N2O.C13H12F12O2.Ir/c1-2-13-21-15(7-1)16-8-5-10-18-22(16)27(21)23-19-11-6-9-17(24(19)28-25(18)23)20-12-3-4-14-26-20;14-10(15,16)2-6(3-11(17,18)19)8(26)1-9(27)7(4-12(20,21)22)5-13(23,24)25;/h1-8,10-14,23,25H;1,6-7,26H,2-5H2;/q-1;;/b;8-1-;. The van der Waals surface area contributed by atoms with E-state index >= 15 is 0 Å². The van der Waals surface area contributed by atoms with Crippen LogP contribution >= 0.6 is 0 Å². The number of alkyl halides is 12. The van der Waals surface area contributed by atoms with Crippen LogP contribution in [0.25, 0.3) is 33.1 Å². The fourth-order valence-corrected chi connectivity index (χ4v) is 7.08. The Bertz CT molecular complexity index is 2200. The topological polar surface area (TPSA) is 64.3 Å². The zero-order valence-electron chi connectivity index (χ0n) is 28.2. The van der Waals surface area contributed by atoms with E-state index < -0.39 is 79.8 Å². The van der Waals surface area contributed by atoms with E-state index in [0.717, 1.165) is 17.0 Å². The van der Waals surface area contributed by atoms with Crippen LogP contribution in [-0.4, -0.2) is 45.1 Å². The number of benzene rings is 3. The van der Waals surface area contributed by atoms with Crippen LogP contribution in [0.2, 0.25) is 0 Å². The number of carbonyl (C=O) groups excluding carboxylic acids is 1. The number of para-hydroxylation sites is 2. The summed E-state index contributed by atoms with van der Waals surface area (Å²) in [6, 6.07) is 28.8. The molecular formula is C38H27F12IrN2O3-. The average Bonchev–Trinajstić information content (AvgIpc) is 3.72. The van der Waals surface area contributed by atoms with Gasteiger partial charge in [0, 0.05) is 71.8 Å². The zero-order chi connectivity index (χ0) is 40.1. The Morgan fingerprint density at radius 3 is 1.91 bits per heavy atom. The smallest absolute Gasteiger partial charge is 0.389 e. The minimum absolute atomic E-state index is 0. The first-order valence-corrected chi connectivity index (χ1v) is 16.5. The molecule has 0 saturated heterocycles. The number of ether oxygens (including phenoxy) is 1. The second kappa shape index (κ2) is 15.8. The molecule has 2 unspecified atom stereocenters. The van der Waals surface area contributed by atoms with Gasteiger partial charge in [-0.05, 0) is 17.8 Å². The Labute approximate surface area is 323 Å². The summed E-state index contributed by atoms with van der Waals surface area (Å²) in [5.74, 6) is -8.71. The maximum absolute atomic E-state index is 12.3. The summed E-state index contributed by atoms with van der Waals surface area (Å²) < 4.78 is 157. The minimum atomic E-state index is -5.27. The van der Waals surface area contributed by atoms with Gasteiger partial charge >= 0.3 is 24.7 Å². The van der Waals surface area contributed by atoms with Crippen LogP contribution in [0.15, 0.2) is 90.8 Å². The quantitative estimate of drug-likeness (QED) is 0.0728. The molecule has 0 amide bonds. The van der Waals surface area contributed by atoms with E-state index in [1.165, 1.54) is 32.9 Å². The molecule has 4 heterocycles. The van der Waals surface area contributed by atoms with Crippen molar-refractivity contribution in [1.29, 1.82) is 0 Å². The van der Waals surface area contributed by atoms with Crippen LogP contribution < -0.4 is 4.74 Å². The number of pyridine rings is 1. The van der Waals surface area contributed by atoms with Crippen molar-refractivity contribution in [2.24, 2.45) is 11.8 Å². The number of aromatic nitrogens is 2. The van der Waals surface area contributed by atoms with Gasteiger partial charge in [-0.1, -0.05) is 59.7 Å². The number of ketones is 1. The third-order valence-electron chi connectivity index (χ3n) is 9.12. The number of aliphatic hydroxyl groups is 1. The predicted octanol–water partition coefficient (Wildman–Crippen LogP) is 11.7. The number of aliphatic hydroxyl groups excluding tert-OH is 1. The molecule has 301 valence electrons. The first-order valence-electron chi connectivity index (χ1n) is 16.5. The molecule has 2 atom stereocenters. The molecule has 56 heavy (non-hydrogen) atoms. The molecule has 2 aromatic heterocycles. The first-order chi connectivity index (χ1) is 25.6. The number of nitrogens with zero attached hydrogens (tertiary/aromatic N) is 2. The number of allylic oxidation sites excluding steroid dienone is 2. The molecule has 0 spiro atoms. The van der Waals surface area contributed by atoms with Crippen molar-refractivity contribution in [3.8, 4) is 17.0 Å². The Kier molecular flexibility index (Phi) is 12.0. The molecule has 5 nitrogen and oxygen atoms in total. The molecule has 2 aliphatic rings. The Morgan fingerprint density at radius 2 is 1.32 bits per heavy atom. The van der Waals surface area contributed by atoms with Gasteiger partial charge in [-0.15, -0.1) is 18.2 Å². The Morgan fingerprint density at radius 1 is 0.750 bits per heavy atom. The summed E-state index contributed by atoms with van der Waals surface area (Å²) >= 11 is 0. The molecule has 1 N–H and O–H groups in total. The van der Waals surface area contributed by atoms with Crippen LogP contribution in [0, 0.1) is 17.9 Å². The van der Waals surface area contributed by atoms with E-state index in [2.05, 4.69) is 64.1 Å². The van der Waals surface area contributed by atoms with Crippen LogP contribution in [0.1, 0.15) is 49.0 Å². The third-order valence-corrected chi connectivity index (χ3v) is 9.12. The average molecular weight is 980 g/mol. The maximum atomic E-state index is 12.3. The van der Waals surface area contributed by atoms with Crippen molar-refractivity contribution in [3.63, 3.8) is 0 Å². The van der Waals surface area contributed by atoms with Crippen LogP contribution in [0.5, 0.6) is 5.75 Å². The number of carbonyl (C=O) groups is 1. The van der Waals surface area contributed by atoms with E-state index in [1.54, 1.807) is 0 Å². The van der Waals surface area contributed by atoms with E-state index in [9.17, 15) is 62.6 Å². The van der Waals surface area contributed by atoms with Crippen molar-refractivity contribution in [2.45, 2.75) is 62.5 Å². The van der Waals surface area contributed by atoms with Crippen LogP contribution in [0.4, 0.5) is 52.7 Å². The number of rotatable bonds is 8. The van der Waals surface area contributed by atoms with Crippen LogP contribution in [0.3, 0.4) is 0 Å². The fraction of sp³-hybridized carbons (Fsp3) is 0.316.